The van der Waals surface area contributed by atoms with Crippen LogP contribution in [0.1, 0.15) is 54.8 Å². The highest BCUT2D eigenvalue weighted by Gasteiger charge is 2.26. The summed E-state index contributed by atoms with van der Waals surface area (Å²) in [6, 6.07) is 28.6. The quantitative estimate of drug-likeness (QED) is 0.0235. The summed E-state index contributed by atoms with van der Waals surface area (Å²) in [5, 5.41) is 2.90. The second-order valence-electron chi connectivity index (χ2n) is 28.2. The monoisotopic (exact) mass is 1730 g/mol. The molecule has 0 aliphatic carbocycles. The molecule has 2 aliphatic rings. The number of methoxy groups -OCH3 is 6. The van der Waals surface area contributed by atoms with Crippen molar-refractivity contribution < 1.29 is 123 Å². The molecule has 4 aromatic heterocycles. The van der Waals surface area contributed by atoms with Crippen molar-refractivity contribution in [3.63, 3.8) is 0 Å². The van der Waals surface area contributed by atoms with Gasteiger partial charge in [-0.3, -0.25) is 5.32 Å². The summed E-state index contributed by atoms with van der Waals surface area (Å²) >= 11 is 0. The average Bonchev–Trinajstić information content (AvgIpc) is 1.59. The largest absolute Gasteiger partial charge is 0.487 e. The first-order valence-electron chi connectivity index (χ1n) is 41.6. The molecule has 3 aromatic carbocycles. The molecule has 6 heterocycles. The average molecular weight is 1730 g/mol. The van der Waals surface area contributed by atoms with Crippen LogP contribution in [0.25, 0.3) is 79.8 Å². The third-order valence-corrected chi connectivity index (χ3v) is 17.9. The zero-order valence-electron chi connectivity index (χ0n) is 73.0. The van der Waals surface area contributed by atoms with Crippen molar-refractivity contribution in [2.45, 2.75) is 26.4 Å². The molecular formula is C92H122N6O26. The number of amides is 1. The lowest BCUT2D eigenvalue weighted by Gasteiger charge is -2.19. The fraction of sp³-hybridized carbons (Fsp3) is 0.500. The zero-order chi connectivity index (χ0) is 87.3. The molecule has 0 atom stereocenters. The molecule has 3 N–H and O–H groups in total. The molecular weight excluding hydrogens is 1610 g/mol. The van der Waals surface area contributed by atoms with Crippen molar-refractivity contribution in [2.75, 3.05) is 286 Å². The fourth-order valence-electron chi connectivity index (χ4n) is 12.1. The van der Waals surface area contributed by atoms with Crippen LogP contribution in [0.3, 0.4) is 0 Å². The lowest BCUT2D eigenvalue weighted by Crippen LogP contribution is -2.27. The summed E-state index contributed by atoms with van der Waals surface area (Å²) in [7, 11) is 9.75. The molecule has 0 unspecified atom stereocenters. The first-order chi connectivity index (χ1) is 60.9. The van der Waals surface area contributed by atoms with Gasteiger partial charge in [0.05, 0.1) is 232 Å². The number of carbonyl (C=O) groups is 1. The van der Waals surface area contributed by atoms with Gasteiger partial charge in [-0.2, -0.15) is 0 Å². The third kappa shape index (κ3) is 34.7. The molecule has 2 aliphatic heterocycles. The molecule has 0 saturated carbocycles. The van der Waals surface area contributed by atoms with Crippen LogP contribution in [0.2, 0.25) is 0 Å². The fourth-order valence-corrected chi connectivity index (χ4v) is 12.1. The van der Waals surface area contributed by atoms with Gasteiger partial charge in [0.2, 0.25) is 11.5 Å². The van der Waals surface area contributed by atoms with E-state index in [2.05, 4.69) is 32.1 Å². The Morgan fingerprint density at radius 3 is 0.960 bits per heavy atom. The van der Waals surface area contributed by atoms with E-state index in [1.54, 1.807) is 48.9 Å². The highest BCUT2D eigenvalue weighted by atomic mass is 16.6. The van der Waals surface area contributed by atoms with E-state index in [1.165, 1.54) is 0 Å². The molecule has 124 heavy (non-hydrogen) atoms. The van der Waals surface area contributed by atoms with Crippen molar-refractivity contribution >= 4 is 58.2 Å². The summed E-state index contributed by atoms with van der Waals surface area (Å²) in [5.41, 5.74) is 9.29. The minimum Gasteiger partial charge on any atom is -0.487 e. The van der Waals surface area contributed by atoms with E-state index in [4.69, 9.17) is 128 Å². The second kappa shape index (κ2) is 57.8. The van der Waals surface area contributed by atoms with Gasteiger partial charge in [0, 0.05) is 87.8 Å². The Kier molecular flexibility index (Phi) is 45.7. The number of nitrogens with zero attached hydrogens (tertiary/aromatic N) is 3. The van der Waals surface area contributed by atoms with E-state index in [1.807, 2.05) is 136 Å². The molecule has 676 valence electrons. The van der Waals surface area contributed by atoms with Gasteiger partial charge in [-0.15, -0.1) is 0 Å². The Hall–Kier alpha value is -9.68. The summed E-state index contributed by atoms with van der Waals surface area (Å²) in [6.45, 7) is 16.6. The number of pyridine rings is 1. The normalized spacial score (nSPS) is 11.8. The Morgan fingerprint density at radius 2 is 0.629 bits per heavy atom. The highest BCUT2D eigenvalue weighted by molar-refractivity contribution is 5.99. The van der Waals surface area contributed by atoms with E-state index < -0.39 is 11.7 Å². The van der Waals surface area contributed by atoms with Crippen LogP contribution < -0.4 is 33.7 Å². The SMILES string of the molecule is COCCOCCOCCOc1cc(-c2c3nc(c(-c4ccc(NC(=O)OC(C)(C)C)cc4)c4ccc([nH]4)c(-c4cc(OCCOCCOCCOC)c(OCCOCCOCCOC)c(OCCOCCOCCOC)c4)c4nc(c(C#Cc5ccccn5)c5ccc2[nH]5)C=C4)C=C3)cc(OCCOCCOCCOC)c1OCCOCCOCCOC. The van der Waals surface area contributed by atoms with E-state index >= 15 is 0 Å². The molecule has 0 spiro atoms. The van der Waals surface area contributed by atoms with Crippen molar-refractivity contribution in [2.24, 2.45) is 0 Å². The number of anilines is 1. The molecule has 32 nitrogen and oxygen atoms in total. The minimum absolute atomic E-state index is 0.0985. The number of aromatic nitrogens is 5. The topological polar surface area (TPSA) is 330 Å². The van der Waals surface area contributed by atoms with Gasteiger partial charge >= 0.3 is 6.09 Å². The highest BCUT2D eigenvalue weighted by Crippen LogP contribution is 2.47. The third-order valence-electron chi connectivity index (χ3n) is 17.9. The first-order valence-corrected chi connectivity index (χ1v) is 41.6. The van der Waals surface area contributed by atoms with Crippen molar-refractivity contribution in [1.29, 1.82) is 0 Å². The smallest absolute Gasteiger partial charge is 0.412 e. The van der Waals surface area contributed by atoms with Gasteiger partial charge in [-0.25, -0.2) is 19.7 Å². The van der Waals surface area contributed by atoms with Crippen LogP contribution in [0.4, 0.5) is 10.5 Å². The number of hydrogen-bond acceptors (Lipinski definition) is 29. The number of benzene rings is 3. The number of rotatable bonds is 64. The Balaban J connectivity index is 1.28. The maximum absolute atomic E-state index is 13.3. The van der Waals surface area contributed by atoms with Crippen LogP contribution in [-0.4, -0.2) is 317 Å². The van der Waals surface area contributed by atoms with Gasteiger partial charge in [0.1, 0.15) is 50.9 Å². The predicted molar refractivity (Wildman–Crippen MR) is 469 cm³/mol. The molecule has 0 saturated heterocycles. The van der Waals surface area contributed by atoms with Crippen LogP contribution in [0, 0.1) is 11.8 Å². The van der Waals surface area contributed by atoms with E-state index in [0.29, 0.717) is 283 Å². The Morgan fingerprint density at radius 1 is 0.331 bits per heavy atom. The Labute approximate surface area is 726 Å². The first kappa shape index (κ1) is 98.1. The number of hydrogen-bond donors (Lipinski definition) is 3. The minimum atomic E-state index is -0.754. The van der Waals surface area contributed by atoms with Gasteiger partial charge in [0.25, 0.3) is 0 Å². The van der Waals surface area contributed by atoms with Gasteiger partial charge in [0.15, 0.2) is 23.0 Å². The van der Waals surface area contributed by atoms with E-state index in [-0.39, 0.29) is 79.3 Å². The lowest BCUT2D eigenvalue weighted by molar-refractivity contribution is 0.0146. The maximum atomic E-state index is 13.3. The lowest BCUT2D eigenvalue weighted by atomic mass is 10.0. The summed E-state index contributed by atoms with van der Waals surface area (Å²) in [4.78, 5) is 36.9. The van der Waals surface area contributed by atoms with Gasteiger partial charge in [-0.05, 0) is 140 Å². The van der Waals surface area contributed by atoms with Crippen molar-refractivity contribution in [3.8, 4) is 79.7 Å². The van der Waals surface area contributed by atoms with Crippen LogP contribution in [0.5, 0.6) is 34.5 Å². The number of aromatic amines is 2. The predicted octanol–water partition coefficient (Wildman–Crippen LogP) is 12.1. The molecule has 0 radical (unpaired) electrons. The van der Waals surface area contributed by atoms with Crippen LogP contribution in [0.15, 0.2) is 97.2 Å². The van der Waals surface area contributed by atoms with E-state index in [0.717, 1.165) is 5.56 Å². The van der Waals surface area contributed by atoms with Crippen molar-refractivity contribution in [3.05, 3.63) is 131 Å². The van der Waals surface area contributed by atoms with Crippen LogP contribution >= 0.6 is 0 Å². The summed E-state index contributed by atoms with van der Waals surface area (Å²) in [6.07, 6.45) is 8.91. The number of H-pyrrole nitrogens is 2. The standard InChI is InChI=1S/C92H122N6O26/c1-92(2,3)124-91(99)94-72-15-13-68(14-16-72)86-76-23-25-80(97-76)87(69-64-82(118-58-52-112-46-40-106-34-28-100-4)89(122-62-56-116-50-44-110-38-32-104-8)83(65-69)119-59-53-113-47-41-107-35-29-101-5)78-21-19-74(95-78)73(18-17-71-12-10-11-27-93-71)75-20-22-79(96-75)88(81-26-24-77(86)98-81)70-66-84(120-60-54-114-48-42-108-36-30-102-6)90(123-63-57-117-51-45-111-39-33-105-9)85(67-70)121-61-55-115-49-43-109-37-31-103-7/h10-16,19-27,64-67,95,98H,28-63H2,1-9H3,(H,94,99). The number of carbonyl (C=O) groups excluding carboxylic acids is 1. The second-order valence-corrected chi connectivity index (χ2v) is 28.2. The van der Waals surface area contributed by atoms with E-state index in [9.17, 15) is 4.79 Å². The molecule has 8 bridgehead atoms. The molecule has 0 fully saturated rings. The van der Waals surface area contributed by atoms with Crippen LogP contribution in [-0.2, 0) is 90.0 Å². The molecule has 1 amide bonds. The van der Waals surface area contributed by atoms with Crippen molar-refractivity contribution in [1.82, 2.24) is 24.9 Å². The molecule has 9 rings (SSSR count). The molecule has 32 heteroatoms. The maximum Gasteiger partial charge on any atom is 0.412 e. The molecule has 7 aromatic rings. The number of nitrogens with one attached hydrogen (secondary N) is 3. The Bertz CT molecular complexity index is 4340. The summed E-state index contributed by atoms with van der Waals surface area (Å²) < 4.78 is 148. The summed E-state index contributed by atoms with van der Waals surface area (Å²) in [5.74, 6) is 8.78. The van der Waals surface area contributed by atoms with Gasteiger partial charge in [-0.1, -0.05) is 24.1 Å². The number of fused-ring (bicyclic) bond motifs is 8. The van der Waals surface area contributed by atoms with Gasteiger partial charge < -0.3 is 128 Å². The number of ether oxygens (including phenoxy) is 25. The zero-order valence-corrected chi connectivity index (χ0v) is 73.0.